The first-order valence-corrected chi connectivity index (χ1v) is 10.1. The average molecular weight is 368 g/mol. The standard InChI is InChI=1S/C20H28N6O/c1-2-14-19(12-6-4-3-5-7-12)20-21-16(11-18(27)26(20)24-14)13-8-9-15-17(10-13)23-25-22-15/h3-7,11,13-15,17,19-25H,2,8-10H2,1H3. The van der Waals surface area contributed by atoms with Crippen LogP contribution in [0, 0.1) is 5.92 Å². The Kier molecular flexibility index (Phi) is 4.40. The molecule has 27 heavy (non-hydrogen) atoms. The summed E-state index contributed by atoms with van der Waals surface area (Å²) >= 11 is 0. The number of hydrazine groups is 3. The smallest absolute Gasteiger partial charge is 0.264 e. The number of amides is 1. The number of rotatable bonds is 3. The molecule has 0 radical (unpaired) electrons. The number of nitrogens with one attached hydrogen (secondary N) is 5. The van der Waals surface area contributed by atoms with Gasteiger partial charge in [0.25, 0.3) is 5.91 Å². The second kappa shape index (κ2) is 6.91. The molecule has 6 atom stereocenters. The zero-order valence-corrected chi connectivity index (χ0v) is 15.6. The van der Waals surface area contributed by atoms with Crippen molar-refractivity contribution in [3.05, 3.63) is 47.7 Å². The highest BCUT2D eigenvalue weighted by Gasteiger charge is 2.47. The van der Waals surface area contributed by atoms with Crippen LogP contribution >= 0.6 is 0 Å². The highest BCUT2D eigenvalue weighted by atomic mass is 16.2. The summed E-state index contributed by atoms with van der Waals surface area (Å²) in [4.78, 5) is 12.9. The number of allylic oxidation sites excluding steroid dienone is 1. The minimum Gasteiger partial charge on any atom is -0.366 e. The Morgan fingerprint density at radius 2 is 1.93 bits per heavy atom. The van der Waals surface area contributed by atoms with Crippen LogP contribution < -0.4 is 27.1 Å². The van der Waals surface area contributed by atoms with Crippen LogP contribution in [0.25, 0.3) is 0 Å². The molecule has 7 nitrogen and oxygen atoms in total. The lowest BCUT2D eigenvalue weighted by Gasteiger charge is -2.38. The molecule has 1 aromatic carbocycles. The molecule has 7 heteroatoms. The van der Waals surface area contributed by atoms with E-state index < -0.39 is 0 Å². The van der Waals surface area contributed by atoms with Crippen LogP contribution in [0.1, 0.15) is 44.1 Å². The van der Waals surface area contributed by atoms with Crippen molar-refractivity contribution in [1.29, 1.82) is 0 Å². The lowest BCUT2D eigenvalue weighted by molar-refractivity contribution is -0.131. The Balaban J connectivity index is 1.40. The van der Waals surface area contributed by atoms with Crippen LogP contribution in [-0.4, -0.2) is 35.2 Å². The number of carbonyl (C=O) groups is 1. The zero-order chi connectivity index (χ0) is 18.4. The van der Waals surface area contributed by atoms with Gasteiger partial charge in [-0.2, -0.15) is 5.53 Å². The van der Waals surface area contributed by atoms with Gasteiger partial charge in [-0.05, 0) is 31.2 Å². The van der Waals surface area contributed by atoms with Gasteiger partial charge >= 0.3 is 0 Å². The third-order valence-electron chi connectivity index (χ3n) is 6.62. The molecule has 0 spiro atoms. The average Bonchev–Trinajstić information content (AvgIpc) is 3.32. The van der Waals surface area contributed by atoms with E-state index in [0.717, 1.165) is 31.4 Å². The van der Waals surface area contributed by atoms with Crippen molar-refractivity contribution in [2.45, 2.75) is 62.8 Å². The fourth-order valence-corrected chi connectivity index (χ4v) is 5.17. The molecule has 1 saturated carbocycles. The molecule has 0 bridgehead atoms. The molecular weight excluding hydrogens is 340 g/mol. The predicted molar refractivity (Wildman–Crippen MR) is 103 cm³/mol. The largest absolute Gasteiger partial charge is 0.366 e. The van der Waals surface area contributed by atoms with E-state index in [1.165, 1.54) is 5.56 Å². The van der Waals surface area contributed by atoms with Crippen molar-refractivity contribution in [3.8, 4) is 0 Å². The van der Waals surface area contributed by atoms with Gasteiger partial charge in [-0.3, -0.25) is 9.80 Å². The minimum atomic E-state index is -0.0321. The third-order valence-corrected chi connectivity index (χ3v) is 6.62. The molecule has 5 rings (SSSR count). The van der Waals surface area contributed by atoms with Crippen LogP contribution in [0.4, 0.5) is 0 Å². The van der Waals surface area contributed by atoms with Gasteiger partial charge in [0.2, 0.25) is 0 Å². The van der Waals surface area contributed by atoms with Crippen molar-refractivity contribution in [1.82, 2.24) is 32.1 Å². The third kappa shape index (κ3) is 2.95. The number of fused-ring (bicyclic) bond motifs is 2. The summed E-state index contributed by atoms with van der Waals surface area (Å²) in [6.45, 7) is 2.18. The number of nitrogens with zero attached hydrogens (tertiary/aromatic N) is 1. The van der Waals surface area contributed by atoms with E-state index in [1.807, 2.05) is 12.1 Å². The first-order chi connectivity index (χ1) is 13.2. The molecule has 6 unspecified atom stereocenters. The molecule has 4 aliphatic rings. The molecule has 5 N–H and O–H groups in total. The van der Waals surface area contributed by atoms with Gasteiger partial charge in [-0.25, -0.2) is 16.3 Å². The van der Waals surface area contributed by atoms with Crippen LogP contribution in [0.2, 0.25) is 0 Å². The fraction of sp³-hybridized carbons (Fsp3) is 0.550. The van der Waals surface area contributed by atoms with E-state index in [9.17, 15) is 4.79 Å². The summed E-state index contributed by atoms with van der Waals surface area (Å²) < 4.78 is 0. The molecule has 1 aromatic rings. The van der Waals surface area contributed by atoms with Gasteiger partial charge in [-0.1, -0.05) is 37.3 Å². The van der Waals surface area contributed by atoms with Crippen molar-refractivity contribution < 1.29 is 4.79 Å². The molecule has 2 saturated heterocycles. The molecule has 3 heterocycles. The van der Waals surface area contributed by atoms with Crippen molar-refractivity contribution in [3.63, 3.8) is 0 Å². The zero-order valence-electron chi connectivity index (χ0n) is 15.6. The van der Waals surface area contributed by atoms with Gasteiger partial charge in [0, 0.05) is 41.7 Å². The van der Waals surface area contributed by atoms with E-state index in [2.05, 4.69) is 58.3 Å². The maximum absolute atomic E-state index is 12.9. The van der Waals surface area contributed by atoms with Crippen LogP contribution in [0.15, 0.2) is 42.1 Å². The summed E-state index contributed by atoms with van der Waals surface area (Å²) in [6.07, 6.45) is 5.99. The Hall–Kier alpha value is -1.93. The van der Waals surface area contributed by atoms with Gasteiger partial charge in [-0.15, -0.1) is 0 Å². The van der Waals surface area contributed by atoms with Crippen LogP contribution in [0.5, 0.6) is 0 Å². The van der Waals surface area contributed by atoms with Crippen LogP contribution in [0.3, 0.4) is 0 Å². The summed E-state index contributed by atoms with van der Waals surface area (Å²) in [7, 11) is 0. The van der Waals surface area contributed by atoms with E-state index in [4.69, 9.17) is 0 Å². The molecule has 1 aliphatic carbocycles. The Morgan fingerprint density at radius 3 is 2.74 bits per heavy atom. The van der Waals surface area contributed by atoms with E-state index in [0.29, 0.717) is 18.0 Å². The second-order valence-corrected chi connectivity index (χ2v) is 8.11. The maximum atomic E-state index is 12.9. The molecule has 1 amide bonds. The summed E-state index contributed by atoms with van der Waals surface area (Å²) in [5, 5.41) is 5.55. The quantitative estimate of drug-likeness (QED) is 0.545. The Labute approximate surface area is 159 Å². The van der Waals surface area contributed by atoms with E-state index in [-0.39, 0.29) is 24.0 Å². The minimum absolute atomic E-state index is 0.0321. The maximum Gasteiger partial charge on any atom is 0.264 e. The summed E-state index contributed by atoms with van der Waals surface area (Å²) in [5.41, 5.74) is 15.5. The van der Waals surface area contributed by atoms with Gasteiger partial charge < -0.3 is 5.32 Å². The van der Waals surface area contributed by atoms with Crippen molar-refractivity contribution >= 4 is 5.91 Å². The summed E-state index contributed by atoms with van der Waals surface area (Å²) in [6, 6.07) is 11.7. The number of carbonyl (C=O) groups excluding carboxylic acids is 1. The van der Waals surface area contributed by atoms with Gasteiger partial charge in [0.1, 0.15) is 6.17 Å². The van der Waals surface area contributed by atoms with Gasteiger partial charge in [0.05, 0.1) is 0 Å². The normalized spacial score (nSPS) is 38.2. The summed E-state index contributed by atoms with van der Waals surface area (Å²) in [5.74, 6) is 0.708. The lowest BCUT2D eigenvalue weighted by atomic mass is 9.80. The molecule has 0 aromatic heterocycles. The number of hydrogen-bond donors (Lipinski definition) is 5. The Morgan fingerprint density at radius 1 is 1.11 bits per heavy atom. The van der Waals surface area contributed by atoms with Crippen molar-refractivity contribution in [2.24, 2.45) is 5.92 Å². The number of hydrogen-bond acceptors (Lipinski definition) is 6. The fourth-order valence-electron chi connectivity index (χ4n) is 5.17. The molecule has 3 aliphatic heterocycles. The SMILES string of the molecule is CCC1NN2C(=O)C=C(C3CCC4NNNC4C3)NC2C1c1ccccc1. The Bertz CT molecular complexity index is 737. The second-order valence-electron chi connectivity index (χ2n) is 8.11. The van der Waals surface area contributed by atoms with E-state index >= 15 is 0 Å². The first kappa shape index (κ1) is 17.2. The van der Waals surface area contributed by atoms with Crippen molar-refractivity contribution in [2.75, 3.05) is 0 Å². The van der Waals surface area contributed by atoms with Crippen LogP contribution in [-0.2, 0) is 4.79 Å². The first-order valence-electron chi connectivity index (χ1n) is 10.1. The number of benzene rings is 1. The van der Waals surface area contributed by atoms with E-state index in [1.54, 1.807) is 5.01 Å². The lowest BCUT2D eigenvalue weighted by Crippen LogP contribution is -2.54. The monoisotopic (exact) mass is 368 g/mol. The van der Waals surface area contributed by atoms with Gasteiger partial charge in [0.15, 0.2) is 0 Å². The molecular formula is C20H28N6O. The highest BCUT2D eigenvalue weighted by molar-refractivity contribution is 5.89. The molecule has 144 valence electrons. The highest BCUT2D eigenvalue weighted by Crippen LogP contribution is 2.38. The topological polar surface area (TPSA) is 80.5 Å². The molecule has 3 fully saturated rings. The predicted octanol–water partition coefficient (Wildman–Crippen LogP) is 0.859.